The Morgan fingerprint density at radius 1 is 1.32 bits per heavy atom. The summed E-state index contributed by atoms with van der Waals surface area (Å²) in [6, 6.07) is 5.88. The van der Waals surface area contributed by atoms with E-state index in [9.17, 15) is 19.5 Å². The van der Waals surface area contributed by atoms with Gasteiger partial charge >= 0.3 is 5.97 Å². The first-order chi connectivity index (χ1) is 17.7. The van der Waals surface area contributed by atoms with Crippen molar-refractivity contribution in [3.63, 3.8) is 0 Å². The summed E-state index contributed by atoms with van der Waals surface area (Å²) in [6.45, 7) is 9.92. The van der Waals surface area contributed by atoms with Crippen molar-refractivity contribution in [3.8, 4) is 5.75 Å². The van der Waals surface area contributed by atoms with E-state index in [0.717, 1.165) is 6.42 Å². The summed E-state index contributed by atoms with van der Waals surface area (Å²) in [6.07, 6.45) is 3.62. The summed E-state index contributed by atoms with van der Waals surface area (Å²) in [4.78, 5) is 45.0. The first-order valence-corrected chi connectivity index (χ1v) is 14.0. The largest absolute Gasteiger partial charge is 0.497 e. The smallest absolute Gasteiger partial charge is 0.310 e. The fourth-order valence-electron chi connectivity index (χ4n) is 6.45. The van der Waals surface area contributed by atoms with E-state index >= 15 is 0 Å². The van der Waals surface area contributed by atoms with Crippen molar-refractivity contribution in [2.75, 3.05) is 31.8 Å². The second-order valence-electron chi connectivity index (χ2n) is 10.5. The average molecular weight is 531 g/mol. The number of aliphatic hydroxyl groups excluding tert-OH is 1. The number of thioether (sulfide) groups is 1. The summed E-state index contributed by atoms with van der Waals surface area (Å²) in [5.74, 6) is -1.17. The maximum Gasteiger partial charge on any atom is 0.310 e. The van der Waals surface area contributed by atoms with Crippen LogP contribution in [-0.2, 0) is 19.1 Å². The van der Waals surface area contributed by atoms with E-state index in [2.05, 4.69) is 6.58 Å². The van der Waals surface area contributed by atoms with Crippen molar-refractivity contribution in [2.45, 2.75) is 62.1 Å². The molecule has 3 heterocycles. The molecule has 1 N–H and O–H groups in total. The number of aliphatic hydroxyl groups is 1. The number of nitrogens with zero attached hydrogens (tertiary/aromatic N) is 2. The van der Waals surface area contributed by atoms with Crippen LogP contribution in [0.5, 0.6) is 5.75 Å². The predicted molar refractivity (Wildman–Crippen MR) is 143 cm³/mol. The van der Waals surface area contributed by atoms with Crippen molar-refractivity contribution in [3.05, 3.63) is 36.9 Å². The highest BCUT2D eigenvalue weighted by atomic mass is 32.2. The molecule has 202 valence electrons. The third-order valence-corrected chi connectivity index (χ3v) is 9.79. The first-order valence-electron chi connectivity index (χ1n) is 13.1. The molecule has 3 aliphatic heterocycles. The van der Waals surface area contributed by atoms with Crippen molar-refractivity contribution in [1.82, 2.24) is 4.90 Å². The van der Waals surface area contributed by atoms with Gasteiger partial charge in [-0.05, 0) is 56.4 Å². The average Bonchev–Trinajstić information content (AvgIpc) is 3.53. The van der Waals surface area contributed by atoms with E-state index < -0.39 is 28.7 Å². The zero-order valence-electron chi connectivity index (χ0n) is 22.1. The third kappa shape index (κ3) is 4.65. The lowest BCUT2D eigenvalue weighted by atomic mass is 9.71. The van der Waals surface area contributed by atoms with E-state index in [4.69, 9.17) is 9.47 Å². The highest BCUT2D eigenvalue weighted by Crippen LogP contribution is 2.67. The summed E-state index contributed by atoms with van der Waals surface area (Å²) in [5, 5.41) is 10.4. The first kappa shape index (κ1) is 27.5. The van der Waals surface area contributed by atoms with Crippen LogP contribution in [0, 0.1) is 17.8 Å². The number of esters is 1. The van der Waals surface area contributed by atoms with Gasteiger partial charge in [-0.1, -0.05) is 19.9 Å². The maximum atomic E-state index is 14.5. The van der Waals surface area contributed by atoms with E-state index in [1.807, 2.05) is 26.0 Å². The molecular formula is C28H38N2O6S. The summed E-state index contributed by atoms with van der Waals surface area (Å²) >= 11 is 1.60. The minimum atomic E-state index is -0.808. The monoisotopic (exact) mass is 530 g/mol. The van der Waals surface area contributed by atoms with E-state index in [1.165, 1.54) is 0 Å². The van der Waals surface area contributed by atoms with E-state index in [0.29, 0.717) is 24.3 Å². The van der Waals surface area contributed by atoms with Crippen LogP contribution in [0.2, 0.25) is 0 Å². The summed E-state index contributed by atoms with van der Waals surface area (Å²) in [7, 11) is 1.58. The summed E-state index contributed by atoms with van der Waals surface area (Å²) < 4.78 is 9.94. The van der Waals surface area contributed by atoms with Crippen LogP contribution in [0.3, 0.4) is 0 Å². The predicted octanol–water partition coefficient (Wildman–Crippen LogP) is 3.28. The molecule has 1 aromatic rings. The number of fused-ring (bicyclic) bond motifs is 1. The highest BCUT2D eigenvalue weighted by molar-refractivity contribution is 8.02. The Labute approximate surface area is 223 Å². The SMILES string of the molecule is C=CCN(C(=O)C1N([C@@H](CO)CC(C)C)C(=O)[C@@H]2[C@H](C(=O)OCC)[C@@H]3CCC12S3)c1ccc(OC)cc1. The number of ether oxygens (including phenoxy) is 2. The van der Waals surface area contributed by atoms with Gasteiger partial charge in [0.1, 0.15) is 11.8 Å². The molecule has 6 atom stereocenters. The lowest BCUT2D eigenvalue weighted by molar-refractivity contribution is -0.154. The number of carbonyl (C=O) groups is 3. The molecule has 9 heteroatoms. The molecule has 0 aliphatic carbocycles. The zero-order valence-corrected chi connectivity index (χ0v) is 22.9. The molecular weight excluding hydrogens is 492 g/mol. The van der Waals surface area contributed by atoms with Gasteiger partial charge in [-0.3, -0.25) is 14.4 Å². The van der Waals surface area contributed by atoms with Crippen LogP contribution in [0.25, 0.3) is 0 Å². The van der Waals surface area contributed by atoms with Crippen LogP contribution in [0.4, 0.5) is 5.69 Å². The van der Waals surface area contributed by atoms with Crippen molar-refractivity contribution in [2.24, 2.45) is 17.8 Å². The minimum absolute atomic E-state index is 0.0584. The van der Waals surface area contributed by atoms with Crippen LogP contribution in [-0.4, -0.2) is 76.7 Å². The molecule has 3 aliphatic rings. The van der Waals surface area contributed by atoms with Gasteiger partial charge in [-0.2, -0.15) is 0 Å². The number of hydrogen-bond donors (Lipinski definition) is 1. The second kappa shape index (κ2) is 11.1. The minimum Gasteiger partial charge on any atom is -0.497 e. The Balaban J connectivity index is 1.80. The number of amides is 2. The number of methoxy groups -OCH3 is 1. The molecule has 1 aromatic carbocycles. The van der Waals surface area contributed by atoms with Gasteiger partial charge in [-0.25, -0.2) is 0 Å². The lowest BCUT2D eigenvalue weighted by Crippen LogP contribution is -2.57. The normalized spacial score (nSPS) is 28.8. The maximum absolute atomic E-state index is 14.5. The second-order valence-corrected chi connectivity index (χ2v) is 12.1. The third-order valence-electron chi connectivity index (χ3n) is 7.84. The molecule has 1 spiro atoms. The molecule has 2 bridgehead atoms. The van der Waals surface area contributed by atoms with Gasteiger partial charge in [0.15, 0.2) is 0 Å². The Morgan fingerprint density at radius 2 is 2.03 bits per heavy atom. The zero-order chi connectivity index (χ0) is 26.9. The fourth-order valence-corrected chi connectivity index (χ4v) is 8.64. The summed E-state index contributed by atoms with van der Waals surface area (Å²) in [5.41, 5.74) is 0.668. The van der Waals surface area contributed by atoms with Crippen molar-refractivity contribution < 1.29 is 29.0 Å². The van der Waals surface area contributed by atoms with Gasteiger partial charge in [0.2, 0.25) is 5.91 Å². The number of rotatable bonds is 11. The Hall–Kier alpha value is -2.52. The number of carbonyl (C=O) groups excluding carboxylic acids is 3. The van der Waals surface area contributed by atoms with Gasteiger partial charge in [-0.15, -0.1) is 18.3 Å². The number of hydrogen-bond acceptors (Lipinski definition) is 7. The molecule has 0 aromatic heterocycles. The van der Waals surface area contributed by atoms with Crippen LogP contribution < -0.4 is 9.64 Å². The highest BCUT2D eigenvalue weighted by Gasteiger charge is 2.74. The van der Waals surface area contributed by atoms with Gasteiger partial charge in [0.25, 0.3) is 5.91 Å². The topological polar surface area (TPSA) is 96.4 Å². The Morgan fingerprint density at radius 3 is 2.59 bits per heavy atom. The van der Waals surface area contributed by atoms with Gasteiger partial charge < -0.3 is 24.4 Å². The molecule has 8 nitrogen and oxygen atoms in total. The van der Waals surface area contributed by atoms with E-state index in [1.54, 1.807) is 53.8 Å². The molecule has 2 unspecified atom stereocenters. The molecule has 3 saturated heterocycles. The van der Waals surface area contributed by atoms with Crippen molar-refractivity contribution in [1.29, 1.82) is 0 Å². The van der Waals surface area contributed by atoms with Crippen LogP contribution in [0.15, 0.2) is 36.9 Å². The molecule has 3 fully saturated rings. The Bertz CT molecular complexity index is 1030. The molecule has 37 heavy (non-hydrogen) atoms. The van der Waals surface area contributed by atoms with Crippen LogP contribution >= 0.6 is 11.8 Å². The fraction of sp³-hybridized carbons (Fsp3) is 0.607. The number of anilines is 1. The molecule has 0 radical (unpaired) electrons. The van der Waals surface area contributed by atoms with Gasteiger partial charge in [0.05, 0.1) is 42.9 Å². The molecule has 0 saturated carbocycles. The Kier molecular flexibility index (Phi) is 8.23. The molecule has 2 amide bonds. The lowest BCUT2D eigenvalue weighted by Gasteiger charge is -2.40. The number of likely N-dealkylation sites (tertiary alicyclic amines) is 1. The van der Waals surface area contributed by atoms with Gasteiger partial charge in [0, 0.05) is 17.5 Å². The number of benzene rings is 1. The molecule has 4 rings (SSSR count). The standard InChI is InChI=1S/C28H38N2O6S/c1-6-14-29(18-8-10-20(35-5)11-9-18)26(33)24-28-13-12-21(37-28)22(27(34)36-7-2)23(28)25(32)30(24)19(16-31)15-17(3)4/h6,8-11,17,19,21-24,31H,1,7,12-16H2,2-5H3/t19-,21+,22-,23+,24?,28?/m1/s1. The van der Waals surface area contributed by atoms with E-state index in [-0.39, 0.29) is 48.7 Å². The van der Waals surface area contributed by atoms with Crippen molar-refractivity contribution >= 4 is 35.2 Å². The van der Waals surface area contributed by atoms with Crippen LogP contribution in [0.1, 0.15) is 40.0 Å². The quantitative estimate of drug-likeness (QED) is 0.347.